The van der Waals surface area contributed by atoms with E-state index in [0.29, 0.717) is 5.69 Å². The van der Waals surface area contributed by atoms with Gasteiger partial charge in [-0.25, -0.2) is 9.97 Å². The number of aromatic nitrogens is 2. The molecule has 1 N–H and O–H groups in total. The van der Waals surface area contributed by atoms with Crippen LogP contribution in [0, 0.1) is 0 Å². The maximum absolute atomic E-state index is 12.3. The summed E-state index contributed by atoms with van der Waals surface area (Å²) < 4.78 is 0. The van der Waals surface area contributed by atoms with Crippen LogP contribution in [0.3, 0.4) is 0 Å². The molecule has 0 unspecified atom stereocenters. The first-order valence-corrected chi connectivity index (χ1v) is 7.68. The molecule has 0 saturated heterocycles. The minimum atomic E-state index is -0.220. The molecular formula is C17H22N4O. The van der Waals surface area contributed by atoms with Gasteiger partial charge in [0.25, 0.3) is 5.91 Å². The topological polar surface area (TPSA) is 58.1 Å². The summed E-state index contributed by atoms with van der Waals surface area (Å²) in [7, 11) is 0. The van der Waals surface area contributed by atoms with Gasteiger partial charge < -0.3 is 10.2 Å². The van der Waals surface area contributed by atoms with Gasteiger partial charge in [-0.2, -0.15) is 0 Å². The summed E-state index contributed by atoms with van der Waals surface area (Å²) in [4.78, 5) is 22.9. The molecule has 0 aliphatic rings. The van der Waals surface area contributed by atoms with Crippen LogP contribution in [-0.2, 0) is 0 Å². The summed E-state index contributed by atoms with van der Waals surface area (Å²) in [6, 6.07) is 11.1. The van der Waals surface area contributed by atoms with Crippen molar-refractivity contribution in [3.05, 3.63) is 48.4 Å². The van der Waals surface area contributed by atoms with E-state index in [0.717, 1.165) is 37.4 Å². The molecular weight excluding hydrogens is 276 g/mol. The summed E-state index contributed by atoms with van der Waals surface area (Å²) in [5.74, 6) is 0.583. The first-order valence-electron chi connectivity index (χ1n) is 7.68. The van der Waals surface area contributed by atoms with Crippen LogP contribution in [0.4, 0.5) is 11.5 Å². The average molecular weight is 298 g/mol. The van der Waals surface area contributed by atoms with Gasteiger partial charge in [-0.3, -0.25) is 4.79 Å². The van der Waals surface area contributed by atoms with Crippen LogP contribution in [0.2, 0.25) is 0 Å². The Kier molecular flexibility index (Phi) is 5.89. The number of amides is 1. The van der Waals surface area contributed by atoms with Gasteiger partial charge in [-0.15, -0.1) is 0 Å². The predicted molar refractivity (Wildman–Crippen MR) is 89.2 cm³/mol. The van der Waals surface area contributed by atoms with Crippen LogP contribution in [0.15, 0.2) is 42.7 Å². The number of nitrogens with one attached hydrogen (secondary N) is 1. The van der Waals surface area contributed by atoms with Crippen molar-refractivity contribution in [1.29, 1.82) is 0 Å². The zero-order chi connectivity index (χ0) is 15.8. The van der Waals surface area contributed by atoms with Crippen molar-refractivity contribution in [3.8, 4) is 0 Å². The Labute approximate surface area is 131 Å². The first-order chi connectivity index (χ1) is 10.7. The number of para-hydroxylation sites is 1. The molecule has 0 bridgehead atoms. The van der Waals surface area contributed by atoms with Crippen LogP contribution in [0.5, 0.6) is 0 Å². The van der Waals surface area contributed by atoms with E-state index < -0.39 is 0 Å². The summed E-state index contributed by atoms with van der Waals surface area (Å²) in [5.41, 5.74) is 1.14. The number of carbonyl (C=O) groups is 1. The van der Waals surface area contributed by atoms with Crippen molar-refractivity contribution >= 4 is 17.4 Å². The van der Waals surface area contributed by atoms with Crippen LogP contribution >= 0.6 is 0 Å². The monoisotopic (exact) mass is 298 g/mol. The molecule has 1 heterocycles. The number of carbonyl (C=O) groups excluding carboxylic acids is 1. The fourth-order valence-corrected chi connectivity index (χ4v) is 2.24. The third kappa shape index (κ3) is 4.28. The van der Waals surface area contributed by atoms with E-state index >= 15 is 0 Å². The van der Waals surface area contributed by atoms with Crippen LogP contribution in [0.25, 0.3) is 0 Å². The lowest BCUT2D eigenvalue weighted by molar-refractivity contribution is 0.102. The largest absolute Gasteiger partial charge is 0.357 e. The van der Waals surface area contributed by atoms with Crippen molar-refractivity contribution < 1.29 is 4.79 Å². The van der Waals surface area contributed by atoms with Crippen LogP contribution in [0.1, 0.15) is 37.2 Å². The Hall–Kier alpha value is -2.43. The fraction of sp³-hybridized carbons (Fsp3) is 0.353. The molecule has 5 nitrogen and oxygen atoms in total. The maximum atomic E-state index is 12.3. The standard InChI is InChI=1S/C17H22N4O/c1-3-10-21(11-4-2)16-12-15(18-13-19-16)17(22)20-14-8-6-5-7-9-14/h5-9,12-13H,3-4,10-11H2,1-2H3,(H,20,22). The lowest BCUT2D eigenvalue weighted by Crippen LogP contribution is -2.26. The molecule has 0 saturated carbocycles. The van der Waals surface area contributed by atoms with Crippen LogP contribution in [-0.4, -0.2) is 29.0 Å². The number of anilines is 2. The zero-order valence-corrected chi connectivity index (χ0v) is 13.1. The summed E-state index contributed by atoms with van der Waals surface area (Å²) in [5, 5.41) is 2.84. The smallest absolute Gasteiger partial charge is 0.274 e. The van der Waals surface area contributed by atoms with E-state index in [9.17, 15) is 4.79 Å². The Balaban J connectivity index is 2.14. The SMILES string of the molecule is CCCN(CCC)c1cc(C(=O)Nc2ccccc2)ncn1. The third-order valence-electron chi connectivity index (χ3n) is 3.23. The van der Waals surface area contributed by atoms with E-state index in [1.165, 1.54) is 6.33 Å². The summed E-state index contributed by atoms with van der Waals surface area (Å²) >= 11 is 0. The molecule has 22 heavy (non-hydrogen) atoms. The van der Waals surface area contributed by atoms with Gasteiger partial charge in [-0.05, 0) is 25.0 Å². The number of hydrogen-bond donors (Lipinski definition) is 1. The quantitative estimate of drug-likeness (QED) is 0.851. The number of hydrogen-bond acceptors (Lipinski definition) is 4. The van der Waals surface area contributed by atoms with E-state index in [4.69, 9.17) is 0 Å². The van der Waals surface area contributed by atoms with Gasteiger partial charge in [0.05, 0.1) is 0 Å². The van der Waals surface area contributed by atoms with Crippen molar-refractivity contribution in [2.45, 2.75) is 26.7 Å². The second-order valence-electron chi connectivity index (χ2n) is 5.07. The summed E-state index contributed by atoms with van der Waals surface area (Å²) in [6.45, 7) is 6.11. The molecule has 5 heteroatoms. The minimum Gasteiger partial charge on any atom is -0.357 e. The van der Waals surface area contributed by atoms with Gasteiger partial charge in [0.2, 0.25) is 0 Å². The van der Waals surface area contributed by atoms with Gasteiger partial charge in [0.1, 0.15) is 17.8 Å². The molecule has 0 atom stereocenters. The molecule has 0 fully saturated rings. The van der Waals surface area contributed by atoms with Gasteiger partial charge in [0, 0.05) is 24.8 Å². The molecule has 1 aromatic carbocycles. The van der Waals surface area contributed by atoms with Crippen molar-refractivity contribution in [2.75, 3.05) is 23.3 Å². The lowest BCUT2D eigenvalue weighted by Gasteiger charge is -2.22. The molecule has 116 valence electrons. The highest BCUT2D eigenvalue weighted by Crippen LogP contribution is 2.14. The zero-order valence-electron chi connectivity index (χ0n) is 13.1. The molecule has 0 radical (unpaired) electrons. The molecule has 0 aliphatic carbocycles. The van der Waals surface area contributed by atoms with Crippen molar-refractivity contribution in [3.63, 3.8) is 0 Å². The van der Waals surface area contributed by atoms with Gasteiger partial charge >= 0.3 is 0 Å². The molecule has 1 amide bonds. The molecule has 2 aromatic rings. The van der Waals surface area contributed by atoms with E-state index in [2.05, 4.69) is 34.0 Å². The average Bonchev–Trinajstić information content (AvgIpc) is 2.56. The highest BCUT2D eigenvalue weighted by molar-refractivity contribution is 6.03. The number of nitrogens with zero attached hydrogens (tertiary/aromatic N) is 3. The van der Waals surface area contributed by atoms with E-state index in [-0.39, 0.29) is 5.91 Å². The number of benzene rings is 1. The van der Waals surface area contributed by atoms with Gasteiger partial charge in [-0.1, -0.05) is 32.0 Å². The normalized spacial score (nSPS) is 10.3. The van der Waals surface area contributed by atoms with Gasteiger partial charge in [0.15, 0.2) is 0 Å². The lowest BCUT2D eigenvalue weighted by atomic mass is 10.3. The molecule has 1 aromatic heterocycles. The Morgan fingerprint density at radius 1 is 1.09 bits per heavy atom. The van der Waals surface area contributed by atoms with Crippen LogP contribution < -0.4 is 10.2 Å². The van der Waals surface area contributed by atoms with Crippen molar-refractivity contribution in [2.24, 2.45) is 0 Å². The maximum Gasteiger partial charge on any atom is 0.274 e. The fourth-order valence-electron chi connectivity index (χ4n) is 2.24. The van der Waals surface area contributed by atoms with Crippen molar-refractivity contribution in [1.82, 2.24) is 9.97 Å². The minimum absolute atomic E-state index is 0.220. The number of rotatable bonds is 7. The molecule has 0 spiro atoms. The highest BCUT2D eigenvalue weighted by Gasteiger charge is 2.12. The van der Waals surface area contributed by atoms with E-state index in [1.807, 2.05) is 30.3 Å². The highest BCUT2D eigenvalue weighted by atomic mass is 16.1. The second-order valence-corrected chi connectivity index (χ2v) is 5.07. The first kappa shape index (κ1) is 15.9. The predicted octanol–water partition coefficient (Wildman–Crippen LogP) is 3.36. The Bertz CT molecular complexity index is 595. The Morgan fingerprint density at radius 2 is 1.77 bits per heavy atom. The van der Waals surface area contributed by atoms with E-state index in [1.54, 1.807) is 6.07 Å². The molecule has 0 aliphatic heterocycles. The third-order valence-corrected chi connectivity index (χ3v) is 3.23. The molecule has 2 rings (SSSR count). The summed E-state index contributed by atoms with van der Waals surface area (Å²) in [6.07, 6.45) is 3.53. The second kappa shape index (κ2) is 8.12. The Morgan fingerprint density at radius 3 is 2.41 bits per heavy atom.